The summed E-state index contributed by atoms with van der Waals surface area (Å²) < 4.78 is 0. The third-order valence-electron chi connectivity index (χ3n) is 2.98. The third kappa shape index (κ3) is 4.83. The number of hydrogen-bond acceptors (Lipinski definition) is 2. The second-order valence-corrected chi connectivity index (χ2v) is 5.45. The molecule has 0 aliphatic heterocycles. The summed E-state index contributed by atoms with van der Waals surface area (Å²) in [5, 5.41) is 3.95. The van der Waals surface area contributed by atoms with Gasteiger partial charge in [-0.25, -0.2) is 0 Å². The predicted molar refractivity (Wildman–Crippen MR) is 85.4 cm³/mol. The molecule has 0 radical (unpaired) electrons. The van der Waals surface area contributed by atoms with Gasteiger partial charge in [-0.05, 0) is 55.2 Å². The molecule has 3 N–H and O–H groups in total. The molecule has 4 nitrogen and oxygen atoms in total. The molecular formula is C14H16ClN3OS. The van der Waals surface area contributed by atoms with Crippen molar-refractivity contribution in [3.05, 3.63) is 41.4 Å². The average Bonchev–Trinajstić information content (AvgIpc) is 2.92. The van der Waals surface area contributed by atoms with E-state index in [2.05, 4.69) is 28.3 Å². The molecule has 1 aromatic carbocycles. The number of allylic oxidation sites excluding steroid dienone is 2. The summed E-state index contributed by atoms with van der Waals surface area (Å²) in [6, 6.07) is 7.14. The van der Waals surface area contributed by atoms with Crippen molar-refractivity contribution in [3.8, 4) is 0 Å². The van der Waals surface area contributed by atoms with Gasteiger partial charge in [-0.1, -0.05) is 23.8 Å². The van der Waals surface area contributed by atoms with E-state index >= 15 is 0 Å². The van der Waals surface area contributed by atoms with E-state index in [-0.39, 0.29) is 5.91 Å². The van der Waals surface area contributed by atoms with Gasteiger partial charge in [0.05, 0.1) is 0 Å². The zero-order chi connectivity index (χ0) is 14.4. The highest BCUT2D eigenvalue weighted by Gasteiger charge is 2.13. The summed E-state index contributed by atoms with van der Waals surface area (Å²) in [5.74, 6) is 0.274. The number of rotatable bonds is 3. The van der Waals surface area contributed by atoms with Gasteiger partial charge < -0.3 is 5.32 Å². The lowest BCUT2D eigenvalue weighted by Gasteiger charge is -2.13. The molecule has 1 atom stereocenters. The van der Waals surface area contributed by atoms with Crippen molar-refractivity contribution in [3.63, 3.8) is 0 Å². The molecule has 0 spiro atoms. The fraction of sp³-hybridized carbons (Fsp3) is 0.286. The van der Waals surface area contributed by atoms with Crippen molar-refractivity contribution in [1.29, 1.82) is 0 Å². The number of carbonyl (C=O) groups excluding carboxylic acids is 1. The monoisotopic (exact) mass is 309 g/mol. The lowest BCUT2D eigenvalue weighted by atomic mass is 10.1. The predicted octanol–water partition coefficient (Wildman–Crippen LogP) is 3.01. The highest BCUT2D eigenvalue weighted by Crippen LogP contribution is 2.19. The van der Waals surface area contributed by atoms with Gasteiger partial charge in [0.1, 0.15) is 0 Å². The van der Waals surface area contributed by atoms with Gasteiger partial charge in [0.15, 0.2) is 5.11 Å². The largest absolute Gasteiger partial charge is 0.331 e. The summed E-state index contributed by atoms with van der Waals surface area (Å²) in [6.45, 7) is 0. The molecular weight excluding hydrogens is 294 g/mol. The van der Waals surface area contributed by atoms with Crippen LogP contribution in [0, 0.1) is 5.92 Å². The van der Waals surface area contributed by atoms with E-state index in [1.807, 2.05) is 12.1 Å². The minimum atomic E-state index is -0.0678. The number of thiocarbonyl (C=S) groups is 1. The van der Waals surface area contributed by atoms with Gasteiger partial charge in [-0.3, -0.25) is 15.6 Å². The van der Waals surface area contributed by atoms with Crippen molar-refractivity contribution in [2.45, 2.75) is 19.3 Å². The number of nitrogens with one attached hydrogen (secondary N) is 3. The second-order valence-electron chi connectivity index (χ2n) is 4.60. The van der Waals surface area contributed by atoms with Crippen molar-refractivity contribution < 1.29 is 4.79 Å². The molecule has 0 fully saturated rings. The molecule has 20 heavy (non-hydrogen) atoms. The van der Waals surface area contributed by atoms with E-state index in [0.29, 0.717) is 22.5 Å². The quantitative estimate of drug-likeness (QED) is 0.456. The maximum Gasteiger partial charge on any atom is 0.238 e. The fourth-order valence-electron chi connectivity index (χ4n) is 1.98. The summed E-state index contributed by atoms with van der Waals surface area (Å²) >= 11 is 10.9. The molecule has 0 saturated heterocycles. The Balaban J connectivity index is 1.70. The summed E-state index contributed by atoms with van der Waals surface area (Å²) in [4.78, 5) is 11.7. The Morgan fingerprint density at radius 1 is 1.30 bits per heavy atom. The van der Waals surface area contributed by atoms with Gasteiger partial charge in [0.2, 0.25) is 5.91 Å². The van der Waals surface area contributed by atoms with Gasteiger partial charge in [-0.2, -0.15) is 0 Å². The van der Waals surface area contributed by atoms with Gasteiger partial charge in [0.25, 0.3) is 0 Å². The summed E-state index contributed by atoms with van der Waals surface area (Å²) in [5.41, 5.74) is 6.08. The van der Waals surface area contributed by atoms with Crippen molar-refractivity contribution >= 4 is 40.5 Å². The number of halogens is 1. The Bertz CT molecular complexity index is 516. The van der Waals surface area contributed by atoms with Crippen LogP contribution in [0.5, 0.6) is 0 Å². The molecule has 0 saturated carbocycles. The Hall–Kier alpha value is -1.59. The molecule has 1 aliphatic rings. The van der Waals surface area contributed by atoms with Crippen LogP contribution in [0.2, 0.25) is 5.02 Å². The van der Waals surface area contributed by atoms with E-state index in [0.717, 1.165) is 18.5 Å². The lowest BCUT2D eigenvalue weighted by molar-refractivity contribution is -0.122. The Labute approximate surface area is 128 Å². The SMILES string of the molecule is O=C(C[C@H]1C=CCC1)NNC(=S)Nc1ccc(Cl)cc1. The molecule has 6 heteroatoms. The molecule has 0 unspecified atom stereocenters. The average molecular weight is 310 g/mol. The van der Waals surface area contributed by atoms with E-state index in [1.165, 1.54) is 0 Å². The number of hydrogen-bond donors (Lipinski definition) is 3. The van der Waals surface area contributed by atoms with Crippen molar-refractivity contribution in [2.24, 2.45) is 5.92 Å². The third-order valence-corrected chi connectivity index (χ3v) is 3.43. The maximum absolute atomic E-state index is 11.7. The normalized spacial score (nSPS) is 16.8. The van der Waals surface area contributed by atoms with Crippen LogP contribution in [0.1, 0.15) is 19.3 Å². The lowest BCUT2D eigenvalue weighted by Crippen LogP contribution is -2.44. The second kappa shape index (κ2) is 7.26. The Kier molecular flexibility index (Phi) is 5.38. The van der Waals surface area contributed by atoms with E-state index in [4.69, 9.17) is 23.8 Å². The first-order valence-corrected chi connectivity index (χ1v) is 7.20. The standard InChI is InChI=1S/C14H16ClN3OS/c15-11-5-7-12(8-6-11)16-14(20)18-17-13(19)9-10-3-1-2-4-10/h1,3,5-8,10H,2,4,9H2,(H,17,19)(H2,16,18,20)/t10-/m0/s1. The van der Waals surface area contributed by atoms with E-state index in [9.17, 15) is 4.79 Å². The number of anilines is 1. The highest BCUT2D eigenvalue weighted by atomic mass is 35.5. The first kappa shape index (κ1) is 14.8. The highest BCUT2D eigenvalue weighted by molar-refractivity contribution is 7.80. The van der Waals surface area contributed by atoms with Crippen molar-refractivity contribution in [1.82, 2.24) is 10.9 Å². The molecule has 1 aromatic rings. The van der Waals surface area contributed by atoms with Crippen LogP contribution in [0.15, 0.2) is 36.4 Å². The summed E-state index contributed by atoms with van der Waals surface area (Å²) in [7, 11) is 0. The zero-order valence-corrected chi connectivity index (χ0v) is 12.4. The number of carbonyl (C=O) groups is 1. The van der Waals surface area contributed by atoms with Crippen LogP contribution in [0.25, 0.3) is 0 Å². The zero-order valence-electron chi connectivity index (χ0n) is 10.9. The van der Waals surface area contributed by atoms with Crippen molar-refractivity contribution in [2.75, 3.05) is 5.32 Å². The van der Waals surface area contributed by atoms with Gasteiger partial charge >= 0.3 is 0 Å². The van der Waals surface area contributed by atoms with Crippen LogP contribution in [0.3, 0.4) is 0 Å². The minimum Gasteiger partial charge on any atom is -0.331 e. The van der Waals surface area contributed by atoms with Gasteiger partial charge in [0, 0.05) is 17.1 Å². The Morgan fingerprint density at radius 3 is 2.70 bits per heavy atom. The van der Waals surface area contributed by atoms with E-state index in [1.54, 1.807) is 12.1 Å². The Morgan fingerprint density at radius 2 is 2.05 bits per heavy atom. The fourth-order valence-corrected chi connectivity index (χ4v) is 2.27. The van der Waals surface area contributed by atoms with Crippen LogP contribution in [-0.2, 0) is 4.79 Å². The number of hydrazine groups is 1. The minimum absolute atomic E-state index is 0.0678. The maximum atomic E-state index is 11.7. The van der Waals surface area contributed by atoms with Gasteiger partial charge in [-0.15, -0.1) is 0 Å². The topological polar surface area (TPSA) is 53.2 Å². The smallest absolute Gasteiger partial charge is 0.238 e. The first-order chi connectivity index (χ1) is 9.63. The molecule has 0 heterocycles. The molecule has 0 bridgehead atoms. The van der Waals surface area contributed by atoms with Crippen LogP contribution < -0.4 is 16.2 Å². The molecule has 1 amide bonds. The first-order valence-electron chi connectivity index (χ1n) is 6.41. The van der Waals surface area contributed by atoms with E-state index < -0.39 is 0 Å². The molecule has 1 aliphatic carbocycles. The van der Waals surface area contributed by atoms with Crippen LogP contribution in [-0.4, -0.2) is 11.0 Å². The molecule has 2 rings (SSSR count). The number of amides is 1. The molecule has 0 aromatic heterocycles. The van der Waals surface area contributed by atoms with Crippen LogP contribution >= 0.6 is 23.8 Å². The number of benzene rings is 1. The van der Waals surface area contributed by atoms with Crippen LogP contribution in [0.4, 0.5) is 5.69 Å². The summed E-state index contributed by atoms with van der Waals surface area (Å²) in [6.07, 6.45) is 6.78. The molecule has 106 valence electrons.